The van der Waals surface area contributed by atoms with Gasteiger partial charge in [-0.2, -0.15) is 0 Å². The van der Waals surface area contributed by atoms with Crippen LogP contribution in [0, 0.1) is 5.82 Å². The number of halogens is 2. The van der Waals surface area contributed by atoms with Gasteiger partial charge in [0.1, 0.15) is 5.82 Å². The molecule has 0 bridgehead atoms. The van der Waals surface area contributed by atoms with Crippen LogP contribution >= 0.6 is 11.6 Å². The maximum Gasteiger partial charge on any atom is 0.195 e. The summed E-state index contributed by atoms with van der Waals surface area (Å²) >= 11 is 5.79. The number of nitrogens with two attached hydrogens (primary N) is 1. The summed E-state index contributed by atoms with van der Waals surface area (Å²) < 4.78 is 13.2. The summed E-state index contributed by atoms with van der Waals surface area (Å²) in [4.78, 5) is 12.1. The molecule has 0 atom stereocenters. The SMILES string of the molecule is Nc1c(F)cccc1C(=O)c1cccc(Cl)c1. The standard InChI is InChI=1S/C13H9ClFNO/c14-9-4-1-3-8(7-9)13(17)10-5-2-6-11(15)12(10)16/h1-7H,16H2. The molecule has 2 aromatic rings. The van der Waals surface area contributed by atoms with Crippen molar-refractivity contribution in [1.82, 2.24) is 0 Å². The summed E-state index contributed by atoms with van der Waals surface area (Å²) in [6, 6.07) is 10.6. The van der Waals surface area contributed by atoms with Crippen LogP contribution in [-0.4, -0.2) is 5.78 Å². The predicted molar refractivity (Wildman–Crippen MR) is 65.7 cm³/mol. The van der Waals surface area contributed by atoms with Crippen molar-refractivity contribution < 1.29 is 9.18 Å². The van der Waals surface area contributed by atoms with Crippen molar-refractivity contribution in [3.8, 4) is 0 Å². The Hall–Kier alpha value is -1.87. The van der Waals surface area contributed by atoms with E-state index in [4.69, 9.17) is 17.3 Å². The third kappa shape index (κ3) is 2.29. The van der Waals surface area contributed by atoms with E-state index in [0.717, 1.165) is 0 Å². The van der Waals surface area contributed by atoms with Crippen LogP contribution in [0.25, 0.3) is 0 Å². The number of hydrogen-bond donors (Lipinski definition) is 1. The van der Waals surface area contributed by atoms with Crippen LogP contribution in [0.1, 0.15) is 15.9 Å². The van der Waals surface area contributed by atoms with Gasteiger partial charge in [-0.3, -0.25) is 4.79 Å². The summed E-state index contributed by atoms with van der Waals surface area (Å²) in [6.07, 6.45) is 0. The number of para-hydroxylation sites is 1. The van der Waals surface area contributed by atoms with Gasteiger partial charge in [-0.1, -0.05) is 29.8 Å². The van der Waals surface area contributed by atoms with E-state index in [1.165, 1.54) is 24.3 Å². The molecule has 0 aliphatic carbocycles. The Labute approximate surface area is 103 Å². The summed E-state index contributed by atoms with van der Waals surface area (Å²) in [5.41, 5.74) is 5.92. The normalized spacial score (nSPS) is 10.2. The van der Waals surface area contributed by atoms with Gasteiger partial charge < -0.3 is 5.73 Å². The van der Waals surface area contributed by atoms with Crippen molar-refractivity contribution in [2.24, 2.45) is 0 Å². The Morgan fingerprint density at radius 2 is 1.88 bits per heavy atom. The average molecular weight is 250 g/mol. The van der Waals surface area contributed by atoms with Crippen molar-refractivity contribution in [1.29, 1.82) is 0 Å². The Balaban J connectivity index is 2.48. The number of hydrogen-bond acceptors (Lipinski definition) is 2. The number of carbonyl (C=O) groups is 1. The van der Waals surface area contributed by atoms with E-state index in [1.54, 1.807) is 18.2 Å². The minimum Gasteiger partial charge on any atom is -0.396 e. The molecule has 0 amide bonds. The molecular weight excluding hydrogens is 241 g/mol. The minimum absolute atomic E-state index is 0.141. The predicted octanol–water partition coefficient (Wildman–Crippen LogP) is 3.29. The van der Waals surface area contributed by atoms with Gasteiger partial charge in [-0.05, 0) is 24.3 Å². The van der Waals surface area contributed by atoms with E-state index in [2.05, 4.69) is 0 Å². The Bertz CT molecular complexity index is 583. The van der Waals surface area contributed by atoms with Gasteiger partial charge in [-0.25, -0.2) is 4.39 Å². The maximum atomic E-state index is 13.2. The molecule has 2 N–H and O–H groups in total. The molecule has 0 aliphatic heterocycles. The molecule has 0 fully saturated rings. The van der Waals surface area contributed by atoms with E-state index in [1.807, 2.05) is 0 Å². The summed E-state index contributed by atoms with van der Waals surface area (Å²) in [6.45, 7) is 0. The van der Waals surface area contributed by atoms with Gasteiger partial charge in [-0.15, -0.1) is 0 Å². The fraction of sp³-hybridized carbons (Fsp3) is 0. The molecule has 17 heavy (non-hydrogen) atoms. The molecule has 0 heterocycles. The number of anilines is 1. The largest absolute Gasteiger partial charge is 0.396 e. The van der Waals surface area contributed by atoms with Gasteiger partial charge in [0.2, 0.25) is 0 Å². The molecule has 0 spiro atoms. The van der Waals surface area contributed by atoms with Gasteiger partial charge in [0.05, 0.1) is 5.69 Å². The summed E-state index contributed by atoms with van der Waals surface area (Å²) in [5.74, 6) is -0.942. The van der Waals surface area contributed by atoms with Crippen LogP contribution in [0.2, 0.25) is 5.02 Å². The van der Waals surface area contributed by atoms with Crippen LogP contribution in [0.4, 0.5) is 10.1 Å². The first kappa shape index (κ1) is 11.6. The zero-order valence-corrected chi connectivity index (χ0v) is 9.54. The number of ketones is 1. The molecule has 0 saturated carbocycles. The molecule has 4 heteroatoms. The molecule has 86 valence electrons. The molecule has 0 aliphatic rings. The second-order valence-electron chi connectivity index (χ2n) is 3.54. The lowest BCUT2D eigenvalue weighted by Gasteiger charge is -2.05. The molecule has 0 saturated heterocycles. The first-order valence-corrected chi connectivity index (χ1v) is 5.31. The summed E-state index contributed by atoms with van der Waals surface area (Å²) in [5, 5.41) is 0.450. The first-order chi connectivity index (χ1) is 8.09. The third-order valence-corrected chi connectivity index (χ3v) is 2.62. The molecule has 2 nitrogen and oxygen atoms in total. The van der Waals surface area contributed by atoms with E-state index in [9.17, 15) is 9.18 Å². The van der Waals surface area contributed by atoms with Crippen molar-refractivity contribution >= 4 is 23.1 Å². The number of carbonyl (C=O) groups excluding carboxylic acids is 1. The van der Waals surface area contributed by atoms with Crippen molar-refractivity contribution in [3.63, 3.8) is 0 Å². The summed E-state index contributed by atoms with van der Waals surface area (Å²) in [7, 11) is 0. The Kier molecular flexibility index (Phi) is 3.11. The molecule has 2 aromatic carbocycles. The average Bonchev–Trinajstić information content (AvgIpc) is 2.32. The highest BCUT2D eigenvalue weighted by molar-refractivity contribution is 6.31. The number of nitrogen functional groups attached to an aromatic ring is 1. The van der Waals surface area contributed by atoms with Gasteiger partial charge in [0, 0.05) is 16.1 Å². The molecule has 0 unspecified atom stereocenters. The van der Waals surface area contributed by atoms with Gasteiger partial charge >= 0.3 is 0 Å². The van der Waals surface area contributed by atoms with Crippen LogP contribution in [0.5, 0.6) is 0 Å². The lowest BCUT2D eigenvalue weighted by atomic mass is 10.0. The third-order valence-electron chi connectivity index (χ3n) is 2.38. The first-order valence-electron chi connectivity index (χ1n) is 4.94. The van der Waals surface area contributed by atoms with E-state index in [-0.39, 0.29) is 17.0 Å². The monoisotopic (exact) mass is 249 g/mol. The van der Waals surface area contributed by atoms with Crippen LogP contribution in [0.15, 0.2) is 42.5 Å². The van der Waals surface area contributed by atoms with Crippen molar-refractivity contribution in [2.45, 2.75) is 0 Å². The second kappa shape index (κ2) is 4.55. The van der Waals surface area contributed by atoms with Crippen molar-refractivity contribution in [2.75, 3.05) is 5.73 Å². The van der Waals surface area contributed by atoms with E-state index < -0.39 is 5.82 Å². The molecular formula is C13H9ClFNO. The number of benzene rings is 2. The molecule has 2 rings (SSSR count). The maximum absolute atomic E-state index is 13.2. The fourth-order valence-corrected chi connectivity index (χ4v) is 1.71. The highest BCUT2D eigenvalue weighted by atomic mass is 35.5. The van der Waals surface area contributed by atoms with Crippen LogP contribution < -0.4 is 5.73 Å². The Morgan fingerprint density at radius 3 is 2.59 bits per heavy atom. The zero-order valence-electron chi connectivity index (χ0n) is 8.78. The van der Waals surface area contributed by atoms with Crippen LogP contribution in [0.3, 0.4) is 0 Å². The lowest BCUT2D eigenvalue weighted by molar-refractivity contribution is 0.103. The van der Waals surface area contributed by atoms with E-state index >= 15 is 0 Å². The minimum atomic E-state index is -0.599. The van der Waals surface area contributed by atoms with Crippen LogP contribution in [-0.2, 0) is 0 Å². The fourth-order valence-electron chi connectivity index (χ4n) is 1.52. The quantitative estimate of drug-likeness (QED) is 0.656. The molecule has 0 aromatic heterocycles. The smallest absolute Gasteiger partial charge is 0.195 e. The second-order valence-corrected chi connectivity index (χ2v) is 3.98. The molecule has 0 radical (unpaired) electrons. The zero-order chi connectivity index (χ0) is 12.4. The number of rotatable bonds is 2. The van der Waals surface area contributed by atoms with Crippen molar-refractivity contribution in [3.05, 3.63) is 64.4 Å². The van der Waals surface area contributed by atoms with Gasteiger partial charge in [0.25, 0.3) is 0 Å². The van der Waals surface area contributed by atoms with Gasteiger partial charge in [0.15, 0.2) is 5.78 Å². The topological polar surface area (TPSA) is 43.1 Å². The lowest BCUT2D eigenvalue weighted by Crippen LogP contribution is -2.06. The highest BCUT2D eigenvalue weighted by Gasteiger charge is 2.14. The van der Waals surface area contributed by atoms with E-state index in [0.29, 0.717) is 10.6 Å². The highest BCUT2D eigenvalue weighted by Crippen LogP contribution is 2.21. The Morgan fingerprint density at radius 1 is 1.18 bits per heavy atom.